The topological polar surface area (TPSA) is 111 Å². The van der Waals surface area contributed by atoms with Gasteiger partial charge in [-0.05, 0) is 71.7 Å². The largest absolute Gasteiger partial charge is 0.467 e. The summed E-state index contributed by atoms with van der Waals surface area (Å²) < 4.78 is 10.3. The Hall–Kier alpha value is -2.03. The summed E-state index contributed by atoms with van der Waals surface area (Å²) in [4.78, 5) is 39.5. The van der Waals surface area contributed by atoms with Gasteiger partial charge >= 0.3 is 12.1 Å². The molecule has 0 saturated heterocycles. The average molecular weight is 476 g/mol. The van der Waals surface area contributed by atoms with Crippen molar-refractivity contribution >= 4 is 46.9 Å². The van der Waals surface area contributed by atoms with Crippen molar-refractivity contribution in [2.75, 3.05) is 19.0 Å². The molecule has 1 aromatic carbocycles. The fourth-order valence-electron chi connectivity index (χ4n) is 2.76. The normalized spacial score (nSPS) is 13.2. The van der Waals surface area contributed by atoms with Crippen LogP contribution >= 0.6 is 23.2 Å². The van der Waals surface area contributed by atoms with Crippen LogP contribution in [-0.2, 0) is 19.1 Å². The van der Waals surface area contributed by atoms with Crippen LogP contribution in [0.2, 0.25) is 10.0 Å². The summed E-state index contributed by atoms with van der Waals surface area (Å²) in [5, 5.41) is 3.65. The monoisotopic (exact) mass is 475 g/mol. The van der Waals surface area contributed by atoms with Gasteiger partial charge in [-0.2, -0.15) is 0 Å². The molecule has 0 fully saturated rings. The number of anilines is 1. The molecule has 3 N–H and O–H groups in total. The van der Waals surface area contributed by atoms with Crippen LogP contribution in [0, 0.1) is 0 Å². The predicted molar refractivity (Wildman–Crippen MR) is 121 cm³/mol. The molecule has 31 heavy (non-hydrogen) atoms. The van der Waals surface area contributed by atoms with Gasteiger partial charge in [-0.15, -0.1) is 0 Å². The number of carbonyl (C=O) groups is 3. The first-order valence-corrected chi connectivity index (χ1v) is 10.7. The van der Waals surface area contributed by atoms with Gasteiger partial charge in [-0.1, -0.05) is 23.2 Å². The van der Waals surface area contributed by atoms with E-state index in [0.29, 0.717) is 35.1 Å². The van der Waals surface area contributed by atoms with Crippen molar-refractivity contribution in [3.8, 4) is 0 Å². The Labute approximate surface area is 193 Å². The van der Waals surface area contributed by atoms with Crippen molar-refractivity contribution < 1.29 is 23.9 Å². The van der Waals surface area contributed by atoms with Crippen LogP contribution in [0.5, 0.6) is 0 Å². The SMILES string of the molecule is COC(=O)C(CCCCN)N(C(=O)OC(C)(C)C)C(=O)C(C)Nc1ccc(Cl)c(Cl)c1. The van der Waals surface area contributed by atoms with Crippen molar-refractivity contribution in [2.45, 2.75) is 64.6 Å². The summed E-state index contributed by atoms with van der Waals surface area (Å²) in [7, 11) is 1.20. The van der Waals surface area contributed by atoms with Crippen LogP contribution < -0.4 is 11.1 Å². The van der Waals surface area contributed by atoms with E-state index in [-0.39, 0.29) is 6.42 Å². The number of hydrogen-bond acceptors (Lipinski definition) is 7. The lowest BCUT2D eigenvalue weighted by atomic mass is 10.1. The van der Waals surface area contributed by atoms with Gasteiger partial charge in [0.15, 0.2) is 0 Å². The molecule has 2 atom stereocenters. The highest BCUT2D eigenvalue weighted by Crippen LogP contribution is 2.26. The third-order valence-electron chi connectivity index (χ3n) is 4.22. The number of rotatable bonds is 9. The van der Waals surface area contributed by atoms with E-state index in [1.165, 1.54) is 7.11 Å². The van der Waals surface area contributed by atoms with E-state index in [1.807, 2.05) is 0 Å². The van der Waals surface area contributed by atoms with E-state index in [9.17, 15) is 14.4 Å². The fraction of sp³-hybridized carbons (Fsp3) is 0.571. The molecule has 0 aliphatic rings. The molecule has 8 nitrogen and oxygen atoms in total. The van der Waals surface area contributed by atoms with E-state index in [1.54, 1.807) is 45.9 Å². The van der Waals surface area contributed by atoms with E-state index >= 15 is 0 Å². The summed E-state index contributed by atoms with van der Waals surface area (Å²) in [5.41, 5.74) is 5.20. The molecule has 174 valence electrons. The minimum absolute atomic E-state index is 0.203. The Kier molecular flexibility index (Phi) is 10.6. The standard InChI is InChI=1S/C21H31Cl2N3O5/c1-13(25-14-9-10-15(22)16(23)12-14)18(27)26(20(29)31-21(2,3)4)17(19(28)30-5)8-6-7-11-24/h9-10,12-13,17,25H,6-8,11,24H2,1-5H3. The molecule has 0 heterocycles. The lowest BCUT2D eigenvalue weighted by Gasteiger charge is -2.32. The number of ether oxygens (including phenoxy) is 2. The minimum atomic E-state index is -1.14. The summed E-state index contributed by atoms with van der Waals surface area (Å²) in [5.74, 6) is -1.36. The van der Waals surface area contributed by atoms with Gasteiger partial charge in [0.25, 0.3) is 5.91 Å². The van der Waals surface area contributed by atoms with Gasteiger partial charge in [0, 0.05) is 5.69 Å². The Morgan fingerprint density at radius 3 is 2.32 bits per heavy atom. The number of nitrogens with two attached hydrogens (primary N) is 1. The summed E-state index contributed by atoms with van der Waals surface area (Å²) in [6.45, 7) is 7.01. The predicted octanol–water partition coefficient (Wildman–Crippen LogP) is 4.23. The zero-order valence-electron chi connectivity index (χ0n) is 18.5. The zero-order chi connectivity index (χ0) is 23.8. The smallest absolute Gasteiger partial charge is 0.417 e. The van der Waals surface area contributed by atoms with Crippen LogP contribution in [0.3, 0.4) is 0 Å². The average Bonchev–Trinajstić information content (AvgIpc) is 2.67. The third kappa shape index (κ3) is 8.55. The molecule has 10 heteroatoms. The Morgan fingerprint density at radius 2 is 1.81 bits per heavy atom. The summed E-state index contributed by atoms with van der Waals surface area (Å²) in [6.07, 6.45) is 0.427. The number of hydrogen-bond donors (Lipinski definition) is 2. The zero-order valence-corrected chi connectivity index (χ0v) is 20.0. The summed E-state index contributed by atoms with van der Waals surface area (Å²) >= 11 is 12.0. The van der Waals surface area contributed by atoms with E-state index in [2.05, 4.69) is 5.32 Å². The molecule has 0 radical (unpaired) electrons. The number of imide groups is 1. The first kappa shape index (κ1) is 27.0. The second kappa shape index (κ2) is 12.1. The Bertz CT molecular complexity index is 783. The van der Waals surface area contributed by atoms with Crippen LogP contribution in [0.15, 0.2) is 18.2 Å². The highest BCUT2D eigenvalue weighted by molar-refractivity contribution is 6.42. The Morgan fingerprint density at radius 1 is 1.16 bits per heavy atom. The van der Waals surface area contributed by atoms with E-state index in [4.69, 9.17) is 38.4 Å². The Balaban J connectivity index is 3.21. The molecular weight excluding hydrogens is 445 g/mol. The number of unbranched alkanes of at least 4 members (excludes halogenated alkanes) is 1. The molecule has 1 rings (SSSR count). The molecule has 0 aliphatic carbocycles. The van der Waals surface area contributed by atoms with Crippen LogP contribution in [0.25, 0.3) is 0 Å². The number of carbonyl (C=O) groups excluding carboxylic acids is 3. The van der Waals surface area contributed by atoms with Crippen LogP contribution in [0.4, 0.5) is 10.5 Å². The van der Waals surface area contributed by atoms with Gasteiger partial charge in [-0.25, -0.2) is 14.5 Å². The highest BCUT2D eigenvalue weighted by atomic mass is 35.5. The highest BCUT2D eigenvalue weighted by Gasteiger charge is 2.39. The summed E-state index contributed by atoms with van der Waals surface area (Å²) in [6, 6.07) is 2.77. The fourth-order valence-corrected chi connectivity index (χ4v) is 3.06. The van der Waals surface area contributed by atoms with Crippen molar-refractivity contribution in [2.24, 2.45) is 5.73 Å². The third-order valence-corrected chi connectivity index (χ3v) is 4.96. The molecule has 0 aromatic heterocycles. The second-order valence-electron chi connectivity index (χ2n) is 8.01. The number of esters is 1. The van der Waals surface area contributed by atoms with E-state index in [0.717, 1.165) is 4.90 Å². The molecule has 2 unspecified atom stereocenters. The maximum Gasteiger partial charge on any atom is 0.417 e. The number of amides is 2. The first-order valence-electron chi connectivity index (χ1n) is 9.96. The van der Waals surface area contributed by atoms with Crippen molar-refractivity contribution in [3.05, 3.63) is 28.2 Å². The second-order valence-corrected chi connectivity index (χ2v) is 8.82. The number of nitrogens with one attached hydrogen (secondary N) is 1. The van der Waals surface area contributed by atoms with Crippen LogP contribution in [0.1, 0.15) is 47.0 Å². The lowest BCUT2D eigenvalue weighted by molar-refractivity contribution is -0.152. The molecule has 0 saturated carbocycles. The molecule has 0 spiro atoms. The van der Waals surface area contributed by atoms with Crippen molar-refractivity contribution in [3.63, 3.8) is 0 Å². The van der Waals surface area contributed by atoms with Gasteiger partial charge in [0.2, 0.25) is 0 Å². The molecule has 1 aromatic rings. The molecule has 0 bridgehead atoms. The van der Waals surface area contributed by atoms with Crippen molar-refractivity contribution in [1.29, 1.82) is 0 Å². The molecule has 0 aliphatic heterocycles. The number of benzene rings is 1. The quantitative estimate of drug-likeness (QED) is 0.405. The minimum Gasteiger partial charge on any atom is -0.467 e. The van der Waals surface area contributed by atoms with Crippen LogP contribution in [-0.4, -0.2) is 54.2 Å². The number of methoxy groups -OCH3 is 1. The maximum absolute atomic E-state index is 13.3. The van der Waals surface area contributed by atoms with Gasteiger partial charge in [-0.3, -0.25) is 4.79 Å². The number of nitrogens with zero attached hydrogens (tertiary/aromatic N) is 1. The number of halogens is 2. The van der Waals surface area contributed by atoms with Gasteiger partial charge in [0.05, 0.1) is 17.2 Å². The van der Waals surface area contributed by atoms with Gasteiger partial charge in [0.1, 0.15) is 17.7 Å². The lowest BCUT2D eigenvalue weighted by Crippen LogP contribution is -2.54. The molecular formula is C21H31Cl2N3O5. The van der Waals surface area contributed by atoms with E-state index < -0.39 is 35.7 Å². The van der Waals surface area contributed by atoms with Gasteiger partial charge < -0.3 is 20.5 Å². The first-order chi connectivity index (χ1) is 14.4. The molecule has 2 amide bonds. The van der Waals surface area contributed by atoms with Crippen molar-refractivity contribution in [1.82, 2.24) is 4.90 Å². The maximum atomic E-state index is 13.3.